The fourth-order valence-electron chi connectivity index (χ4n) is 2.46. The highest BCUT2D eigenvalue weighted by molar-refractivity contribution is 9.10. The van der Waals surface area contributed by atoms with Crippen LogP contribution in [0.2, 0.25) is 10.2 Å². The van der Waals surface area contributed by atoms with Crippen molar-refractivity contribution in [1.82, 2.24) is 15.1 Å². The molecule has 28 heavy (non-hydrogen) atoms. The molecule has 0 aliphatic rings. The summed E-state index contributed by atoms with van der Waals surface area (Å²) in [4.78, 5) is 12.2. The Bertz CT molecular complexity index is 954. The average Bonchev–Trinajstić information content (AvgIpc) is 3.26. The van der Waals surface area contributed by atoms with Gasteiger partial charge < -0.3 is 14.5 Å². The molecular formula is C19H18BrCl2N3O3. The number of benzene rings is 1. The topological polar surface area (TPSA) is 69.3 Å². The summed E-state index contributed by atoms with van der Waals surface area (Å²) < 4.78 is 13.8. The lowest BCUT2D eigenvalue weighted by atomic mass is 10.3. The van der Waals surface area contributed by atoms with Gasteiger partial charge in [-0.05, 0) is 49.7 Å². The van der Waals surface area contributed by atoms with Crippen molar-refractivity contribution in [3.05, 3.63) is 68.3 Å². The Hall–Kier alpha value is -1.96. The lowest BCUT2D eigenvalue weighted by molar-refractivity contribution is 0.0921. The van der Waals surface area contributed by atoms with Crippen LogP contribution < -0.4 is 10.1 Å². The lowest BCUT2D eigenvalue weighted by Crippen LogP contribution is -2.25. The van der Waals surface area contributed by atoms with Crippen LogP contribution in [-0.2, 0) is 13.2 Å². The molecule has 1 amide bonds. The molecule has 3 rings (SSSR count). The van der Waals surface area contributed by atoms with E-state index in [0.717, 1.165) is 10.2 Å². The van der Waals surface area contributed by atoms with Crippen LogP contribution in [0.1, 0.15) is 28.4 Å². The van der Waals surface area contributed by atoms with Crippen LogP contribution in [0.15, 0.2) is 45.3 Å². The zero-order valence-electron chi connectivity index (χ0n) is 15.0. The van der Waals surface area contributed by atoms with E-state index in [1.165, 1.54) is 0 Å². The number of aryl methyl sites for hydroxylation is 2. The molecule has 0 fully saturated rings. The van der Waals surface area contributed by atoms with Crippen LogP contribution in [0, 0.1) is 6.92 Å². The minimum Gasteiger partial charge on any atom is -0.486 e. The number of carbonyl (C=O) groups excluding carboxylic acids is 1. The molecule has 0 atom stereocenters. The standard InChI is InChI=1S/C19H18BrCl2N3O3/c1-12-17(21)18(22)25(24-12)10-2-9-23-19(26)16-8-7-15(28-16)11-27-14-5-3-13(20)4-6-14/h3-8H,2,9-11H2,1H3,(H,23,26). The van der Waals surface area contributed by atoms with E-state index in [2.05, 4.69) is 26.3 Å². The maximum atomic E-state index is 12.2. The van der Waals surface area contributed by atoms with Gasteiger partial charge in [-0.3, -0.25) is 9.48 Å². The molecule has 6 nitrogen and oxygen atoms in total. The molecule has 0 saturated carbocycles. The monoisotopic (exact) mass is 485 g/mol. The van der Waals surface area contributed by atoms with Gasteiger partial charge in [-0.25, -0.2) is 0 Å². The summed E-state index contributed by atoms with van der Waals surface area (Å²) in [5.74, 6) is 1.25. The minimum atomic E-state index is -0.282. The maximum absolute atomic E-state index is 12.2. The molecule has 0 bridgehead atoms. The van der Waals surface area contributed by atoms with Gasteiger partial charge in [0.15, 0.2) is 5.76 Å². The predicted octanol–water partition coefficient (Wildman–Crippen LogP) is 5.25. The number of halogens is 3. The van der Waals surface area contributed by atoms with E-state index in [4.69, 9.17) is 32.4 Å². The van der Waals surface area contributed by atoms with E-state index in [0.29, 0.717) is 41.1 Å². The van der Waals surface area contributed by atoms with Gasteiger partial charge in [0.1, 0.15) is 28.3 Å². The zero-order chi connectivity index (χ0) is 20.1. The lowest BCUT2D eigenvalue weighted by Gasteiger charge is -2.05. The fraction of sp³-hybridized carbons (Fsp3) is 0.263. The molecule has 3 aromatic rings. The van der Waals surface area contributed by atoms with Crippen LogP contribution in [0.4, 0.5) is 0 Å². The van der Waals surface area contributed by atoms with Crippen molar-refractivity contribution in [3.8, 4) is 5.75 Å². The van der Waals surface area contributed by atoms with E-state index in [9.17, 15) is 4.79 Å². The molecule has 0 aliphatic heterocycles. The van der Waals surface area contributed by atoms with E-state index >= 15 is 0 Å². The first-order valence-electron chi connectivity index (χ1n) is 8.57. The van der Waals surface area contributed by atoms with Gasteiger partial charge in [0.2, 0.25) is 0 Å². The van der Waals surface area contributed by atoms with Gasteiger partial charge in [-0.1, -0.05) is 39.1 Å². The molecule has 1 N–H and O–H groups in total. The van der Waals surface area contributed by atoms with E-state index < -0.39 is 0 Å². The first-order chi connectivity index (χ1) is 13.4. The van der Waals surface area contributed by atoms with Crippen molar-refractivity contribution in [1.29, 1.82) is 0 Å². The third-order valence-electron chi connectivity index (χ3n) is 3.91. The summed E-state index contributed by atoms with van der Waals surface area (Å²) in [6.45, 7) is 3.04. The largest absolute Gasteiger partial charge is 0.486 e. The number of rotatable bonds is 8. The second-order valence-electron chi connectivity index (χ2n) is 6.03. The molecule has 2 aromatic heterocycles. The molecule has 0 radical (unpaired) electrons. The second-order valence-corrected chi connectivity index (χ2v) is 7.68. The molecule has 0 spiro atoms. The molecular weight excluding hydrogens is 469 g/mol. The van der Waals surface area contributed by atoms with Gasteiger partial charge in [-0.15, -0.1) is 0 Å². The Balaban J connectivity index is 1.43. The third-order valence-corrected chi connectivity index (χ3v) is 5.37. The van der Waals surface area contributed by atoms with Crippen LogP contribution in [-0.4, -0.2) is 22.2 Å². The number of hydrogen-bond donors (Lipinski definition) is 1. The SMILES string of the molecule is Cc1nn(CCCNC(=O)c2ccc(COc3ccc(Br)cc3)o2)c(Cl)c1Cl. The molecule has 0 saturated heterocycles. The first kappa shape index (κ1) is 20.8. The van der Waals surface area contributed by atoms with E-state index in [-0.39, 0.29) is 18.3 Å². The van der Waals surface area contributed by atoms with Gasteiger partial charge in [0, 0.05) is 17.6 Å². The summed E-state index contributed by atoms with van der Waals surface area (Å²) in [5.41, 5.74) is 0.684. The number of ether oxygens (including phenoxy) is 1. The van der Waals surface area contributed by atoms with Gasteiger partial charge in [0.25, 0.3) is 5.91 Å². The van der Waals surface area contributed by atoms with Crippen molar-refractivity contribution in [2.45, 2.75) is 26.5 Å². The van der Waals surface area contributed by atoms with Crippen molar-refractivity contribution >= 4 is 45.0 Å². The Morgan fingerprint density at radius 1 is 1.25 bits per heavy atom. The van der Waals surface area contributed by atoms with Crippen LogP contribution >= 0.6 is 39.1 Å². The Morgan fingerprint density at radius 2 is 2.00 bits per heavy atom. The molecule has 0 aliphatic carbocycles. The number of furan rings is 1. The number of nitrogens with zero attached hydrogens (tertiary/aromatic N) is 2. The number of amides is 1. The van der Waals surface area contributed by atoms with Crippen LogP contribution in [0.5, 0.6) is 5.75 Å². The summed E-state index contributed by atoms with van der Waals surface area (Å²) in [6, 6.07) is 10.8. The van der Waals surface area contributed by atoms with E-state index in [1.807, 2.05) is 24.3 Å². The van der Waals surface area contributed by atoms with Crippen molar-refractivity contribution in [3.63, 3.8) is 0 Å². The molecule has 9 heteroatoms. The first-order valence-corrected chi connectivity index (χ1v) is 10.1. The van der Waals surface area contributed by atoms with Crippen molar-refractivity contribution in [2.75, 3.05) is 6.54 Å². The summed E-state index contributed by atoms with van der Waals surface area (Å²) in [6.07, 6.45) is 0.656. The average molecular weight is 487 g/mol. The van der Waals surface area contributed by atoms with E-state index in [1.54, 1.807) is 23.7 Å². The number of nitrogens with one attached hydrogen (secondary N) is 1. The molecule has 148 valence electrons. The molecule has 1 aromatic carbocycles. The molecule has 2 heterocycles. The Labute approximate surface area is 180 Å². The fourth-order valence-corrected chi connectivity index (χ4v) is 3.12. The smallest absolute Gasteiger partial charge is 0.286 e. The third kappa shape index (κ3) is 5.31. The predicted molar refractivity (Wildman–Crippen MR) is 111 cm³/mol. The van der Waals surface area contributed by atoms with Crippen LogP contribution in [0.25, 0.3) is 0 Å². The summed E-state index contributed by atoms with van der Waals surface area (Å²) in [7, 11) is 0. The van der Waals surface area contributed by atoms with Crippen molar-refractivity contribution < 1.29 is 13.9 Å². The quantitative estimate of drug-likeness (QED) is 0.441. The number of aromatic nitrogens is 2. The van der Waals surface area contributed by atoms with Gasteiger partial charge >= 0.3 is 0 Å². The van der Waals surface area contributed by atoms with Gasteiger partial charge in [0.05, 0.1) is 5.69 Å². The maximum Gasteiger partial charge on any atom is 0.286 e. The summed E-state index contributed by atoms with van der Waals surface area (Å²) >= 11 is 15.5. The highest BCUT2D eigenvalue weighted by Crippen LogP contribution is 2.25. The van der Waals surface area contributed by atoms with Gasteiger partial charge in [-0.2, -0.15) is 5.10 Å². The highest BCUT2D eigenvalue weighted by Gasteiger charge is 2.13. The zero-order valence-corrected chi connectivity index (χ0v) is 18.1. The second kappa shape index (κ2) is 9.49. The summed E-state index contributed by atoms with van der Waals surface area (Å²) in [5, 5.41) is 7.92. The highest BCUT2D eigenvalue weighted by atomic mass is 79.9. The number of carbonyl (C=O) groups is 1. The Kier molecular flexibility index (Phi) is 7.04. The number of hydrogen-bond acceptors (Lipinski definition) is 4. The minimum absolute atomic E-state index is 0.241. The normalized spacial score (nSPS) is 10.9. The Morgan fingerprint density at radius 3 is 2.68 bits per heavy atom. The van der Waals surface area contributed by atoms with Crippen LogP contribution in [0.3, 0.4) is 0 Å². The molecule has 0 unspecified atom stereocenters. The van der Waals surface area contributed by atoms with Crippen molar-refractivity contribution in [2.24, 2.45) is 0 Å².